The number of halogens is 2. The maximum Gasteiger partial charge on any atom is 0.239 e. The van der Waals surface area contributed by atoms with Gasteiger partial charge in [-0.15, -0.1) is 0 Å². The highest BCUT2D eigenvalue weighted by molar-refractivity contribution is 9.10. The molecule has 0 aliphatic carbocycles. The van der Waals surface area contributed by atoms with E-state index in [1.54, 1.807) is 24.4 Å². The van der Waals surface area contributed by atoms with Crippen LogP contribution < -0.4 is 10.6 Å². The van der Waals surface area contributed by atoms with E-state index in [0.29, 0.717) is 29.6 Å². The SMILES string of the molecule is O=C(CN1CCN(CC(=O)Nc2ccccc2Cl)CC1)Nc1ccc(Br)cn1. The van der Waals surface area contributed by atoms with Crippen molar-refractivity contribution < 1.29 is 9.59 Å². The van der Waals surface area contributed by atoms with Gasteiger partial charge in [0, 0.05) is 36.8 Å². The molecule has 2 N–H and O–H groups in total. The zero-order valence-electron chi connectivity index (χ0n) is 15.2. The van der Waals surface area contributed by atoms with Crippen molar-refractivity contribution in [2.24, 2.45) is 0 Å². The second-order valence-corrected chi connectivity index (χ2v) is 7.81. The zero-order chi connectivity index (χ0) is 19.9. The van der Waals surface area contributed by atoms with Crippen molar-refractivity contribution in [3.63, 3.8) is 0 Å². The molecule has 0 radical (unpaired) electrons. The van der Waals surface area contributed by atoms with Crippen molar-refractivity contribution in [1.82, 2.24) is 14.8 Å². The minimum atomic E-state index is -0.0975. The van der Waals surface area contributed by atoms with E-state index in [0.717, 1.165) is 30.7 Å². The highest BCUT2D eigenvalue weighted by Gasteiger charge is 2.21. The minimum Gasteiger partial charge on any atom is -0.324 e. The van der Waals surface area contributed by atoms with Crippen LogP contribution in [0.4, 0.5) is 11.5 Å². The molecular weight excluding hydrogens is 446 g/mol. The van der Waals surface area contributed by atoms with E-state index in [4.69, 9.17) is 11.6 Å². The van der Waals surface area contributed by atoms with Gasteiger partial charge in [-0.2, -0.15) is 0 Å². The molecule has 28 heavy (non-hydrogen) atoms. The highest BCUT2D eigenvalue weighted by atomic mass is 79.9. The molecule has 0 saturated carbocycles. The molecule has 0 unspecified atom stereocenters. The number of benzene rings is 1. The normalized spacial score (nSPS) is 15.2. The second-order valence-electron chi connectivity index (χ2n) is 6.49. The number of rotatable bonds is 6. The Morgan fingerprint density at radius 3 is 2.14 bits per heavy atom. The zero-order valence-corrected chi connectivity index (χ0v) is 17.5. The van der Waals surface area contributed by atoms with Crippen molar-refractivity contribution in [2.45, 2.75) is 0 Å². The first-order valence-electron chi connectivity index (χ1n) is 8.90. The molecule has 1 saturated heterocycles. The first-order chi connectivity index (χ1) is 13.5. The summed E-state index contributed by atoms with van der Waals surface area (Å²) in [5, 5.41) is 6.14. The van der Waals surface area contributed by atoms with Crippen LogP contribution in [0.3, 0.4) is 0 Å². The molecule has 148 valence electrons. The average Bonchev–Trinajstić information content (AvgIpc) is 2.67. The first kappa shape index (κ1) is 20.7. The number of anilines is 2. The van der Waals surface area contributed by atoms with Crippen LogP contribution in [0.5, 0.6) is 0 Å². The molecule has 0 spiro atoms. The van der Waals surface area contributed by atoms with Gasteiger partial charge in [0.1, 0.15) is 5.82 Å². The Labute approximate surface area is 177 Å². The number of nitrogens with one attached hydrogen (secondary N) is 2. The molecule has 2 heterocycles. The van der Waals surface area contributed by atoms with Crippen LogP contribution in [0.15, 0.2) is 47.1 Å². The molecule has 9 heteroatoms. The maximum atomic E-state index is 12.2. The molecule has 1 aromatic heterocycles. The van der Waals surface area contributed by atoms with Gasteiger partial charge >= 0.3 is 0 Å². The van der Waals surface area contributed by atoms with E-state index >= 15 is 0 Å². The molecule has 2 amide bonds. The van der Waals surface area contributed by atoms with Crippen LogP contribution in [0, 0.1) is 0 Å². The van der Waals surface area contributed by atoms with Crippen LogP contribution in [0.2, 0.25) is 5.02 Å². The lowest BCUT2D eigenvalue weighted by atomic mass is 10.3. The minimum absolute atomic E-state index is 0.0967. The van der Waals surface area contributed by atoms with E-state index in [1.807, 2.05) is 18.2 Å². The fraction of sp³-hybridized carbons (Fsp3) is 0.316. The Balaban J connectivity index is 1.39. The summed E-state index contributed by atoms with van der Waals surface area (Å²) in [5.74, 6) is 0.337. The van der Waals surface area contributed by atoms with E-state index in [-0.39, 0.29) is 11.8 Å². The molecule has 1 aliphatic rings. The number of pyridine rings is 1. The fourth-order valence-corrected chi connectivity index (χ4v) is 3.31. The number of nitrogens with zero attached hydrogens (tertiary/aromatic N) is 3. The standard InChI is InChI=1S/C19H21BrClN5O2/c20-14-5-6-17(22-11-14)24-19(28)13-26-9-7-25(8-10-26)12-18(27)23-16-4-2-1-3-15(16)21/h1-6,11H,7-10,12-13H2,(H,23,27)(H,22,24,28). The van der Waals surface area contributed by atoms with Gasteiger partial charge in [-0.3, -0.25) is 19.4 Å². The van der Waals surface area contributed by atoms with Gasteiger partial charge in [-0.25, -0.2) is 4.98 Å². The van der Waals surface area contributed by atoms with E-state index in [1.165, 1.54) is 0 Å². The first-order valence-corrected chi connectivity index (χ1v) is 10.1. The van der Waals surface area contributed by atoms with Gasteiger partial charge < -0.3 is 10.6 Å². The van der Waals surface area contributed by atoms with E-state index in [2.05, 4.69) is 41.3 Å². The average molecular weight is 467 g/mol. The predicted molar refractivity (Wildman–Crippen MR) is 114 cm³/mol. The monoisotopic (exact) mass is 465 g/mol. The molecule has 1 fully saturated rings. The lowest BCUT2D eigenvalue weighted by Gasteiger charge is -2.33. The molecular formula is C19H21BrClN5O2. The summed E-state index contributed by atoms with van der Waals surface area (Å²) in [7, 11) is 0. The third kappa shape index (κ3) is 6.27. The second kappa shape index (κ2) is 9.97. The molecule has 0 bridgehead atoms. The van der Waals surface area contributed by atoms with Gasteiger partial charge in [-0.05, 0) is 40.2 Å². The summed E-state index contributed by atoms with van der Waals surface area (Å²) in [6.07, 6.45) is 1.64. The summed E-state index contributed by atoms with van der Waals surface area (Å²) < 4.78 is 0.861. The number of hydrogen-bond acceptors (Lipinski definition) is 5. The lowest BCUT2D eigenvalue weighted by molar-refractivity contribution is -0.120. The summed E-state index contributed by atoms with van der Waals surface area (Å²) in [5.41, 5.74) is 0.617. The Bertz CT molecular complexity index is 825. The number of carbonyl (C=O) groups is 2. The topological polar surface area (TPSA) is 77.6 Å². The Kier molecular flexibility index (Phi) is 7.38. The Morgan fingerprint density at radius 1 is 0.964 bits per heavy atom. The van der Waals surface area contributed by atoms with Gasteiger partial charge in [0.2, 0.25) is 11.8 Å². The maximum absolute atomic E-state index is 12.2. The van der Waals surface area contributed by atoms with E-state index < -0.39 is 0 Å². The fourth-order valence-electron chi connectivity index (χ4n) is 2.90. The van der Waals surface area contributed by atoms with Crippen LogP contribution in [0.1, 0.15) is 0 Å². The summed E-state index contributed by atoms with van der Waals surface area (Å²) in [6, 6.07) is 10.7. The third-order valence-corrected chi connectivity index (χ3v) is 5.14. The van der Waals surface area contributed by atoms with Crippen molar-refractivity contribution in [2.75, 3.05) is 49.9 Å². The Hall–Kier alpha value is -2.00. The molecule has 7 nitrogen and oxygen atoms in total. The number of piperazine rings is 1. The van der Waals surface area contributed by atoms with Gasteiger partial charge in [0.05, 0.1) is 23.8 Å². The lowest BCUT2D eigenvalue weighted by Crippen LogP contribution is -2.50. The van der Waals surface area contributed by atoms with Gasteiger partial charge in [0.15, 0.2) is 0 Å². The third-order valence-electron chi connectivity index (χ3n) is 4.34. The van der Waals surface area contributed by atoms with Crippen molar-refractivity contribution in [1.29, 1.82) is 0 Å². The number of aromatic nitrogens is 1. The quantitative estimate of drug-likeness (QED) is 0.684. The molecule has 3 rings (SSSR count). The van der Waals surface area contributed by atoms with E-state index in [9.17, 15) is 9.59 Å². The Morgan fingerprint density at radius 2 is 1.57 bits per heavy atom. The summed E-state index contributed by atoms with van der Waals surface area (Å²) >= 11 is 9.38. The molecule has 1 aromatic carbocycles. The van der Waals surface area contributed by atoms with Gasteiger partial charge in [-0.1, -0.05) is 23.7 Å². The smallest absolute Gasteiger partial charge is 0.239 e. The van der Waals surface area contributed by atoms with Crippen LogP contribution >= 0.6 is 27.5 Å². The largest absolute Gasteiger partial charge is 0.324 e. The van der Waals surface area contributed by atoms with Crippen molar-refractivity contribution >= 4 is 50.9 Å². The summed E-state index contributed by atoms with van der Waals surface area (Å²) in [4.78, 5) is 32.7. The van der Waals surface area contributed by atoms with Crippen molar-refractivity contribution in [3.8, 4) is 0 Å². The highest BCUT2D eigenvalue weighted by Crippen LogP contribution is 2.20. The van der Waals surface area contributed by atoms with Crippen LogP contribution in [0.25, 0.3) is 0 Å². The predicted octanol–water partition coefficient (Wildman–Crippen LogP) is 2.69. The number of hydrogen-bond donors (Lipinski definition) is 2. The number of carbonyl (C=O) groups excluding carboxylic acids is 2. The summed E-state index contributed by atoms with van der Waals surface area (Å²) in [6.45, 7) is 3.49. The van der Waals surface area contributed by atoms with Gasteiger partial charge in [0.25, 0.3) is 0 Å². The van der Waals surface area contributed by atoms with Crippen molar-refractivity contribution in [3.05, 3.63) is 52.1 Å². The molecule has 1 aliphatic heterocycles. The van der Waals surface area contributed by atoms with Crippen LogP contribution in [-0.2, 0) is 9.59 Å². The number of amides is 2. The molecule has 2 aromatic rings. The number of para-hydroxylation sites is 1. The molecule has 0 atom stereocenters. The van der Waals surface area contributed by atoms with Crippen LogP contribution in [-0.4, -0.2) is 65.9 Å².